The minimum atomic E-state index is 0.833. The van der Waals surface area contributed by atoms with E-state index in [2.05, 4.69) is 65.5 Å². The van der Waals surface area contributed by atoms with Crippen LogP contribution in [0.15, 0.2) is 12.2 Å². The predicted molar refractivity (Wildman–Crippen MR) is 136 cm³/mol. The highest BCUT2D eigenvalue weighted by molar-refractivity contribution is 4.99. The number of allylic oxidation sites excluding steroid dienone is 2. The fourth-order valence-corrected chi connectivity index (χ4v) is 2.07. The lowest BCUT2D eigenvalue weighted by Gasteiger charge is -2.00. The first-order valence-electron chi connectivity index (χ1n) is 12.6. The van der Waals surface area contributed by atoms with Gasteiger partial charge in [-0.15, -0.1) is 11.8 Å². The van der Waals surface area contributed by atoms with E-state index in [0.29, 0.717) is 0 Å². The Bertz CT molecular complexity index is 264. The van der Waals surface area contributed by atoms with Gasteiger partial charge in [0, 0.05) is 12.8 Å². The molecule has 0 unspecified atom stereocenters. The smallest absolute Gasteiger partial charge is 0.00886 e. The topological polar surface area (TPSA) is 0 Å². The summed E-state index contributed by atoms with van der Waals surface area (Å²) >= 11 is 0. The molecule has 0 radical (unpaired) electrons. The SMILES string of the molecule is C1#CCCCCCC1.C1=CCCCCCC1.CC.CC.CC(C)C.CC(C)C. The molecular weight excluding hydrogens is 336 g/mol. The third kappa shape index (κ3) is 63.8. The standard InChI is InChI=1S/C8H14.C8H12.2C4H10.2C2H6/c2*1-2-4-6-8-7-5-3-1;2*1-4(2)3;2*1-2/h1-2H,3-8H2;1-6H2;2*4H,1-3H3;2*1-2H3. The van der Waals surface area contributed by atoms with Crippen molar-refractivity contribution in [1.29, 1.82) is 0 Å². The first-order chi connectivity index (χ1) is 13.5. The molecule has 0 aromatic rings. The van der Waals surface area contributed by atoms with E-state index in [4.69, 9.17) is 0 Å². The van der Waals surface area contributed by atoms with Crippen LogP contribution in [0.3, 0.4) is 0 Å². The fraction of sp³-hybridized carbons (Fsp3) is 0.857. The lowest BCUT2D eigenvalue weighted by Crippen LogP contribution is -1.80. The second-order valence-electron chi connectivity index (χ2n) is 8.19. The van der Waals surface area contributed by atoms with E-state index >= 15 is 0 Å². The van der Waals surface area contributed by atoms with E-state index in [0.717, 1.165) is 24.7 Å². The molecule has 0 fully saturated rings. The minimum Gasteiger partial charge on any atom is -0.103 e. The zero-order chi connectivity index (χ0) is 22.5. The van der Waals surface area contributed by atoms with Crippen LogP contribution in [0.5, 0.6) is 0 Å². The average Bonchev–Trinajstić information content (AvgIpc) is 2.57. The highest BCUT2D eigenvalue weighted by Gasteiger charge is 1.90. The van der Waals surface area contributed by atoms with Gasteiger partial charge in [0.05, 0.1) is 0 Å². The molecule has 0 amide bonds. The van der Waals surface area contributed by atoms with Gasteiger partial charge < -0.3 is 0 Å². The molecule has 2 aliphatic rings. The molecule has 170 valence electrons. The highest BCUT2D eigenvalue weighted by atomic mass is 14.0. The molecule has 2 aliphatic carbocycles. The van der Waals surface area contributed by atoms with Crippen LogP contribution in [-0.2, 0) is 0 Å². The number of hydrogen-bond acceptors (Lipinski definition) is 0. The molecule has 0 heterocycles. The average molecular weight is 395 g/mol. The Morgan fingerprint density at radius 2 is 0.714 bits per heavy atom. The highest BCUT2D eigenvalue weighted by Crippen LogP contribution is 2.10. The van der Waals surface area contributed by atoms with Gasteiger partial charge in [-0.05, 0) is 50.4 Å². The van der Waals surface area contributed by atoms with E-state index in [-0.39, 0.29) is 0 Å². The molecule has 0 saturated heterocycles. The lowest BCUT2D eigenvalue weighted by molar-refractivity contribution is 0.638. The Balaban J connectivity index is -0.000000135. The molecule has 0 bridgehead atoms. The zero-order valence-electron chi connectivity index (χ0n) is 21.8. The van der Waals surface area contributed by atoms with Crippen molar-refractivity contribution in [3.05, 3.63) is 12.2 Å². The fourth-order valence-electron chi connectivity index (χ4n) is 2.07. The van der Waals surface area contributed by atoms with Gasteiger partial charge in [0.2, 0.25) is 0 Å². The van der Waals surface area contributed by atoms with Crippen LogP contribution in [-0.4, -0.2) is 0 Å². The molecule has 0 saturated carbocycles. The van der Waals surface area contributed by atoms with E-state index in [1.165, 1.54) is 64.2 Å². The largest absolute Gasteiger partial charge is 0.103 e. The molecule has 0 aromatic heterocycles. The molecular formula is C28H58. The molecule has 0 aliphatic heterocycles. The van der Waals surface area contributed by atoms with Crippen molar-refractivity contribution in [3.63, 3.8) is 0 Å². The van der Waals surface area contributed by atoms with Crippen molar-refractivity contribution < 1.29 is 0 Å². The molecule has 0 spiro atoms. The summed E-state index contributed by atoms with van der Waals surface area (Å²) in [6.07, 6.45) is 20.7. The Hall–Kier alpha value is -0.700. The summed E-state index contributed by atoms with van der Waals surface area (Å²) in [5.41, 5.74) is 0. The van der Waals surface area contributed by atoms with Crippen LogP contribution in [0.25, 0.3) is 0 Å². The first-order valence-corrected chi connectivity index (χ1v) is 12.6. The van der Waals surface area contributed by atoms with Crippen LogP contribution in [0.4, 0.5) is 0 Å². The van der Waals surface area contributed by atoms with E-state index in [9.17, 15) is 0 Å². The summed E-state index contributed by atoms with van der Waals surface area (Å²) in [6.45, 7) is 21.0. The third-order valence-electron chi connectivity index (χ3n) is 3.14. The summed E-state index contributed by atoms with van der Waals surface area (Å²) in [5, 5.41) is 0. The van der Waals surface area contributed by atoms with Crippen molar-refractivity contribution in [2.45, 2.75) is 146 Å². The molecule has 0 heteroatoms. The molecule has 0 nitrogen and oxygen atoms in total. The van der Waals surface area contributed by atoms with Gasteiger partial charge in [-0.1, -0.05) is 107 Å². The van der Waals surface area contributed by atoms with Crippen LogP contribution in [0, 0.1) is 23.7 Å². The second-order valence-corrected chi connectivity index (χ2v) is 8.19. The summed E-state index contributed by atoms with van der Waals surface area (Å²) < 4.78 is 0. The van der Waals surface area contributed by atoms with Crippen molar-refractivity contribution in [3.8, 4) is 11.8 Å². The van der Waals surface area contributed by atoms with E-state index in [1.54, 1.807) is 0 Å². The predicted octanol–water partition coefficient (Wildman–Crippen LogP) is 10.6. The maximum atomic E-state index is 3.14. The van der Waals surface area contributed by atoms with Crippen LogP contribution in [0.1, 0.15) is 146 Å². The Labute approximate surface area is 182 Å². The van der Waals surface area contributed by atoms with Crippen LogP contribution in [0.2, 0.25) is 0 Å². The Kier molecular flexibility index (Phi) is 46.1. The van der Waals surface area contributed by atoms with E-state index in [1.807, 2.05) is 27.7 Å². The summed E-state index contributed by atoms with van der Waals surface area (Å²) in [5.74, 6) is 7.94. The third-order valence-corrected chi connectivity index (χ3v) is 3.14. The van der Waals surface area contributed by atoms with Crippen LogP contribution < -0.4 is 0 Å². The molecule has 28 heavy (non-hydrogen) atoms. The Morgan fingerprint density at radius 3 is 1.00 bits per heavy atom. The summed E-state index contributed by atoms with van der Waals surface area (Å²) in [7, 11) is 0. The van der Waals surface area contributed by atoms with Gasteiger partial charge in [0.15, 0.2) is 0 Å². The Morgan fingerprint density at radius 1 is 0.464 bits per heavy atom. The van der Waals surface area contributed by atoms with Crippen molar-refractivity contribution in [1.82, 2.24) is 0 Å². The van der Waals surface area contributed by atoms with Gasteiger partial charge in [0.25, 0.3) is 0 Å². The van der Waals surface area contributed by atoms with Gasteiger partial charge >= 0.3 is 0 Å². The quantitative estimate of drug-likeness (QED) is 0.283. The van der Waals surface area contributed by atoms with Crippen LogP contribution >= 0.6 is 0 Å². The maximum absolute atomic E-state index is 3.14. The molecule has 0 atom stereocenters. The minimum absolute atomic E-state index is 0.833. The van der Waals surface area contributed by atoms with E-state index < -0.39 is 0 Å². The van der Waals surface area contributed by atoms with Crippen molar-refractivity contribution in [2.24, 2.45) is 11.8 Å². The number of hydrogen-bond donors (Lipinski definition) is 0. The van der Waals surface area contributed by atoms with Crippen molar-refractivity contribution in [2.75, 3.05) is 0 Å². The molecule has 2 rings (SSSR count). The zero-order valence-corrected chi connectivity index (χ0v) is 21.8. The molecule has 0 N–H and O–H groups in total. The number of rotatable bonds is 0. The van der Waals surface area contributed by atoms with Gasteiger partial charge in [-0.2, -0.15) is 0 Å². The summed E-state index contributed by atoms with van der Waals surface area (Å²) in [6, 6.07) is 0. The summed E-state index contributed by atoms with van der Waals surface area (Å²) in [4.78, 5) is 0. The normalized spacial score (nSPS) is 15.0. The van der Waals surface area contributed by atoms with Gasteiger partial charge in [0.1, 0.15) is 0 Å². The van der Waals surface area contributed by atoms with Gasteiger partial charge in [-0.25, -0.2) is 0 Å². The lowest BCUT2D eigenvalue weighted by atomic mass is 10.1. The molecule has 0 aromatic carbocycles. The first kappa shape index (κ1) is 34.8. The maximum Gasteiger partial charge on any atom is 0.00886 e. The van der Waals surface area contributed by atoms with Crippen molar-refractivity contribution >= 4 is 0 Å². The monoisotopic (exact) mass is 394 g/mol. The van der Waals surface area contributed by atoms with Gasteiger partial charge in [-0.3, -0.25) is 0 Å². The second kappa shape index (κ2) is 37.1.